The maximum Gasteiger partial charge on any atom is 0.263 e. The van der Waals surface area contributed by atoms with E-state index in [9.17, 15) is 8.42 Å². The fourth-order valence-corrected chi connectivity index (χ4v) is 2.90. The van der Waals surface area contributed by atoms with Gasteiger partial charge in [0.25, 0.3) is 10.0 Å². The van der Waals surface area contributed by atoms with Gasteiger partial charge in [-0.3, -0.25) is 4.72 Å². The van der Waals surface area contributed by atoms with Crippen LogP contribution in [0.3, 0.4) is 0 Å². The van der Waals surface area contributed by atoms with Gasteiger partial charge in [0, 0.05) is 11.2 Å². The minimum Gasteiger partial charge on any atom is -0.262 e. The summed E-state index contributed by atoms with van der Waals surface area (Å²) in [6, 6.07) is 9.30. The lowest BCUT2D eigenvalue weighted by Gasteiger charge is -2.08. The molecule has 0 aliphatic carbocycles. The molecule has 0 radical (unpaired) electrons. The molecule has 1 aromatic heterocycles. The van der Waals surface area contributed by atoms with Gasteiger partial charge in [-0.25, -0.2) is 13.4 Å². The Morgan fingerprint density at radius 1 is 1.17 bits per heavy atom. The molecule has 1 heterocycles. The molecule has 2 rings (SSSR count). The fraction of sp³-hybridized carbons (Fsp3) is 0. The topological polar surface area (TPSA) is 59.1 Å². The van der Waals surface area contributed by atoms with Crippen molar-refractivity contribution in [2.24, 2.45) is 0 Å². The maximum atomic E-state index is 12.1. The van der Waals surface area contributed by atoms with Gasteiger partial charge >= 0.3 is 0 Å². The molecule has 0 bridgehead atoms. The zero-order valence-corrected chi connectivity index (χ0v) is 12.1. The highest BCUT2D eigenvalue weighted by molar-refractivity contribution is 9.10. The molecule has 0 unspecified atom stereocenters. The van der Waals surface area contributed by atoms with Crippen LogP contribution in [0, 0.1) is 0 Å². The number of nitrogens with zero attached hydrogens (tertiary/aromatic N) is 1. The van der Waals surface area contributed by atoms with Crippen molar-refractivity contribution in [3.8, 4) is 0 Å². The number of rotatable bonds is 3. The normalized spacial score (nSPS) is 11.2. The van der Waals surface area contributed by atoms with Crippen molar-refractivity contribution in [1.29, 1.82) is 0 Å². The van der Waals surface area contributed by atoms with Crippen LogP contribution in [0.2, 0.25) is 5.02 Å². The highest BCUT2D eigenvalue weighted by Crippen LogP contribution is 2.22. The van der Waals surface area contributed by atoms with Crippen molar-refractivity contribution in [2.75, 3.05) is 4.72 Å². The molecule has 0 fully saturated rings. The number of pyridine rings is 1. The second-order valence-corrected chi connectivity index (χ2v) is 6.37. The van der Waals surface area contributed by atoms with E-state index in [0.29, 0.717) is 9.50 Å². The first kappa shape index (κ1) is 13.3. The highest BCUT2D eigenvalue weighted by Gasteiger charge is 2.15. The summed E-state index contributed by atoms with van der Waals surface area (Å²) < 4.78 is 27.1. The summed E-state index contributed by atoms with van der Waals surface area (Å²) in [4.78, 5) is 4.07. The first-order chi connectivity index (χ1) is 8.49. The Labute approximate surface area is 118 Å². The molecule has 2 aromatic rings. The van der Waals surface area contributed by atoms with Crippen LogP contribution in [0.15, 0.2) is 52.0 Å². The lowest BCUT2D eigenvalue weighted by molar-refractivity contribution is 0.601. The summed E-state index contributed by atoms with van der Waals surface area (Å²) >= 11 is 8.93. The second kappa shape index (κ2) is 5.26. The largest absolute Gasteiger partial charge is 0.263 e. The molecule has 1 aromatic carbocycles. The number of hydrogen-bond donors (Lipinski definition) is 1. The van der Waals surface area contributed by atoms with Crippen molar-refractivity contribution < 1.29 is 8.42 Å². The van der Waals surface area contributed by atoms with E-state index in [4.69, 9.17) is 11.6 Å². The minimum absolute atomic E-state index is 0.129. The first-order valence-corrected chi connectivity index (χ1v) is 7.53. The van der Waals surface area contributed by atoms with Crippen LogP contribution in [0.1, 0.15) is 0 Å². The predicted molar refractivity (Wildman–Crippen MR) is 74.2 cm³/mol. The van der Waals surface area contributed by atoms with E-state index < -0.39 is 10.0 Å². The number of sulfonamides is 1. The van der Waals surface area contributed by atoms with Gasteiger partial charge in [0.1, 0.15) is 0 Å². The number of hydrogen-bond acceptors (Lipinski definition) is 3. The molecule has 0 atom stereocenters. The first-order valence-electron chi connectivity index (χ1n) is 4.88. The molecule has 0 aliphatic rings. The molecule has 94 valence electrons. The Balaban J connectivity index is 2.33. The molecule has 18 heavy (non-hydrogen) atoms. The molecule has 0 saturated heterocycles. The molecule has 7 heteroatoms. The van der Waals surface area contributed by atoms with Crippen molar-refractivity contribution in [2.45, 2.75) is 4.90 Å². The zero-order valence-electron chi connectivity index (χ0n) is 8.97. The third-order valence-corrected chi connectivity index (χ3v) is 4.36. The quantitative estimate of drug-likeness (QED) is 0.927. The third kappa shape index (κ3) is 3.01. The highest BCUT2D eigenvalue weighted by atomic mass is 79.9. The van der Waals surface area contributed by atoms with Gasteiger partial charge in [-0.1, -0.05) is 11.6 Å². The molecule has 1 N–H and O–H groups in total. The van der Waals surface area contributed by atoms with E-state index in [1.54, 1.807) is 12.1 Å². The number of halogens is 2. The molecular weight excluding hydrogens is 340 g/mol. The van der Waals surface area contributed by atoms with Crippen LogP contribution in [0.4, 0.5) is 5.82 Å². The van der Waals surface area contributed by atoms with Crippen molar-refractivity contribution in [1.82, 2.24) is 4.98 Å². The van der Waals surface area contributed by atoms with E-state index in [1.807, 2.05) is 0 Å². The smallest absolute Gasteiger partial charge is 0.262 e. The van der Waals surface area contributed by atoms with E-state index >= 15 is 0 Å². The Hall–Kier alpha value is -1.11. The van der Waals surface area contributed by atoms with Crippen molar-refractivity contribution >= 4 is 43.4 Å². The average molecular weight is 348 g/mol. The molecule has 0 saturated carbocycles. The maximum absolute atomic E-state index is 12.1. The van der Waals surface area contributed by atoms with Gasteiger partial charge in [0.05, 0.1) is 9.37 Å². The van der Waals surface area contributed by atoms with E-state index in [-0.39, 0.29) is 10.7 Å². The minimum atomic E-state index is -3.65. The Kier molecular flexibility index (Phi) is 3.89. The van der Waals surface area contributed by atoms with Gasteiger partial charge in [0.2, 0.25) is 0 Å². The average Bonchev–Trinajstić information content (AvgIpc) is 2.32. The summed E-state index contributed by atoms with van der Waals surface area (Å²) in [7, 11) is -3.65. The second-order valence-electron chi connectivity index (χ2n) is 3.39. The van der Waals surface area contributed by atoms with Crippen LogP contribution in [-0.4, -0.2) is 13.4 Å². The fourth-order valence-electron chi connectivity index (χ4n) is 1.26. The Morgan fingerprint density at radius 2 is 1.83 bits per heavy atom. The van der Waals surface area contributed by atoms with Gasteiger partial charge in [0.15, 0.2) is 5.82 Å². The molecule has 4 nitrogen and oxygen atoms in total. The summed E-state index contributed by atoms with van der Waals surface area (Å²) in [6.07, 6.45) is 1.50. The number of anilines is 1. The van der Waals surface area contributed by atoms with Crippen LogP contribution in [-0.2, 0) is 10.0 Å². The Bertz CT molecular complexity index is 659. The van der Waals surface area contributed by atoms with Gasteiger partial charge in [-0.2, -0.15) is 0 Å². The van der Waals surface area contributed by atoms with Crippen molar-refractivity contribution in [3.05, 3.63) is 52.1 Å². The summed E-state index contributed by atoms with van der Waals surface area (Å²) in [6.45, 7) is 0. The number of aromatic nitrogens is 1. The van der Waals surface area contributed by atoms with E-state index in [2.05, 4.69) is 25.6 Å². The number of benzene rings is 1. The zero-order chi connectivity index (χ0) is 13.2. The lowest BCUT2D eigenvalue weighted by Crippen LogP contribution is -2.14. The monoisotopic (exact) mass is 346 g/mol. The van der Waals surface area contributed by atoms with Crippen LogP contribution >= 0.6 is 27.5 Å². The molecule has 0 spiro atoms. The van der Waals surface area contributed by atoms with Gasteiger partial charge < -0.3 is 0 Å². The third-order valence-electron chi connectivity index (χ3n) is 2.11. The predicted octanol–water partition coefficient (Wildman–Crippen LogP) is 3.30. The van der Waals surface area contributed by atoms with E-state index in [1.165, 1.54) is 30.5 Å². The molecule has 0 aliphatic heterocycles. The van der Waals surface area contributed by atoms with Crippen molar-refractivity contribution in [3.63, 3.8) is 0 Å². The van der Waals surface area contributed by atoms with E-state index in [0.717, 1.165) is 0 Å². The SMILES string of the molecule is O=S(=O)(Nc1ncccc1Br)c1ccc(Cl)cc1. The summed E-state index contributed by atoms with van der Waals surface area (Å²) in [5.41, 5.74) is 0. The van der Waals surface area contributed by atoms with Gasteiger partial charge in [-0.15, -0.1) is 0 Å². The standard InChI is InChI=1S/C11H8BrClN2O2S/c12-10-2-1-7-14-11(10)15-18(16,17)9-5-3-8(13)4-6-9/h1-7H,(H,14,15). The lowest BCUT2D eigenvalue weighted by atomic mass is 10.4. The summed E-state index contributed by atoms with van der Waals surface area (Å²) in [5, 5.41) is 0.480. The van der Waals surface area contributed by atoms with Crippen LogP contribution in [0.25, 0.3) is 0 Å². The van der Waals surface area contributed by atoms with Crippen LogP contribution < -0.4 is 4.72 Å². The Morgan fingerprint density at radius 3 is 2.44 bits per heavy atom. The van der Waals surface area contributed by atoms with Crippen LogP contribution in [0.5, 0.6) is 0 Å². The summed E-state index contributed by atoms with van der Waals surface area (Å²) in [5.74, 6) is 0.243. The number of nitrogens with one attached hydrogen (secondary N) is 1. The van der Waals surface area contributed by atoms with Gasteiger partial charge in [-0.05, 0) is 52.3 Å². The molecular formula is C11H8BrClN2O2S. The molecule has 0 amide bonds.